The van der Waals surface area contributed by atoms with Crippen molar-refractivity contribution in [2.24, 2.45) is 17.8 Å². The minimum Gasteiger partial charge on any atom is -0.0814 e. The molecule has 0 amide bonds. The molecule has 1 aromatic rings. The van der Waals surface area contributed by atoms with Crippen LogP contribution in [-0.4, -0.2) is 0 Å². The summed E-state index contributed by atoms with van der Waals surface area (Å²) in [5, 5.41) is 0. The molecule has 18 heavy (non-hydrogen) atoms. The van der Waals surface area contributed by atoms with Gasteiger partial charge in [0.1, 0.15) is 0 Å². The molecule has 0 bridgehead atoms. The van der Waals surface area contributed by atoms with Crippen molar-refractivity contribution in [1.29, 1.82) is 0 Å². The van der Waals surface area contributed by atoms with E-state index in [1.165, 1.54) is 30.4 Å². The number of rotatable bonds is 3. The van der Waals surface area contributed by atoms with E-state index >= 15 is 0 Å². The third-order valence-corrected chi connectivity index (χ3v) is 4.43. The van der Waals surface area contributed by atoms with Crippen molar-refractivity contribution in [3.8, 4) is 0 Å². The highest BCUT2D eigenvalue weighted by atomic mass is 14.5. The number of fused-ring (bicyclic) bond motifs is 1. The van der Waals surface area contributed by atoms with Gasteiger partial charge in [0.25, 0.3) is 0 Å². The monoisotopic (exact) mass is 238 g/mol. The smallest absolute Gasteiger partial charge is 0.0119 e. The van der Waals surface area contributed by atoms with E-state index < -0.39 is 0 Å². The second-order valence-electron chi connectivity index (χ2n) is 5.82. The number of hydrogen-bond acceptors (Lipinski definition) is 0. The van der Waals surface area contributed by atoms with Crippen LogP contribution in [0.3, 0.4) is 0 Å². The summed E-state index contributed by atoms with van der Waals surface area (Å²) < 4.78 is 0. The quantitative estimate of drug-likeness (QED) is 0.705. The van der Waals surface area contributed by atoms with E-state index in [9.17, 15) is 0 Å². The van der Waals surface area contributed by atoms with Gasteiger partial charge in [-0.05, 0) is 47.3 Å². The Morgan fingerprint density at radius 3 is 2.67 bits per heavy atom. The lowest BCUT2D eigenvalue weighted by Crippen LogP contribution is -1.95. The molecule has 0 aliphatic heterocycles. The normalized spacial score (nSPS) is 29.4. The molecule has 0 heteroatoms. The molecule has 0 heterocycles. The molecule has 0 nitrogen and oxygen atoms in total. The number of aryl methyl sites for hydroxylation is 1. The van der Waals surface area contributed by atoms with Crippen LogP contribution in [-0.2, 0) is 6.42 Å². The van der Waals surface area contributed by atoms with Gasteiger partial charge in [-0.1, -0.05) is 62.8 Å². The maximum absolute atomic E-state index is 2.36. The molecule has 94 valence electrons. The average Bonchev–Trinajstić information content (AvgIpc) is 3.16. The van der Waals surface area contributed by atoms with Gasteiger partial charge in [-0.25, -0.2) is 0 Å². The van der Waals surface area contributed by atoms with Gasteiger partial charge in [-0.15, -0.1) is 0 Å². The van der Waals surface area contributed by atoms with Crippen molar-refractivity contribution >= 4 is 5.57 Å². The fourth-order valence-electron chi connectivity index (χ4n) is 3.22. The van der Waals surface area contributed by atoms with Crippen molar-refractivity contribution in [3.05, 3.63) is 53.6 Å². The number of hydrogen-bond donors (Lipinski definition) is 0. The van der Waals surface area contributed by atoms with Crippen LogP contribution in [0, 0.1) is 17.8 Å². The van der Waals surface area contributed by atoms with Gasteiger partial charge in [-0.3, -0.25) is 0 Å². The Labute approximate surface area is 110 Å². The topological polar surface area (TPSA) is 0 Å². The first-order valence-electron chi connectivity index (χ1n) is 7.27. The summed E-state index contributed by atoms with van der Waals surface area (Å²) in [4.78, 5) is 0. The molecule has 0 N–H and O–H groups in total. The highest BCUT2D eigenvalue weighted by Crippen LogP contribution is 2.53. The van der Waals surface area contributed by atoms with Crippen LogP contribution in [0.15, 0.2) is 42.5 Å². The Morgan fingerprint density at radius 1 is 1.17 bits per heavy atom. The number of allylic oxidation sites excluding steroid dienone is 4. The second kappa shape index (κ2) is 4.76. The Bertz CT molecular complexity index is 475. The third-order valence-electron chi connectivity index (χ3n) is 4.43. The van der Waals surface area contributed by atoms with E-state index in [4.69, 9.17) is 0 Å². The van der Waals surface area contributed by atoms with Crippen LogP contribution in [0.5, 0.6) is 0 Å². The fourth-order valence-corrected chi connectivity index (χ4v) is 3.22. The highest BCUT2D eigenvalue weighted by molar-refractivity contribution is 5.72. The molecule has 1 saturated carbocycles. The van der Waals surface area contributed by atoms with Gasteiger partial charge in [-0.2, -0.15) is 0 Å². The van der Waals surface area contributed by atoms with E-state index in [-0.39, 0.29) is 0 Å². The van der Waals surface area contributed by atoms with Crippen LogP contribution in [0.1, 0.15) is 37.8 Å². The zero-order chi connectivity index (χ0) is 12.5. The lowest BCUT2D eigenvalue weighted by atomic mass is 9.97. The summed E-state index contributed by atoms with van der Waals surface area (Å²) in [7, 11) is 0. The molecular formula is C18H22. The van der Waals surface area contributed by atoms with Crippen molar-refractivity contribution in [2.45, 2.75) is 33.1 Å². The summed E-state index contributed by atoms with van der Waals surface area (Å²) in [5.74, 6) is 2.46. The van der Waals surface area contributed by atoms with Crippen LogP contribution in [0.25, 0.3) is 5.57 Å². The molecule has 3 atom stereocenters. The van der Waals surface area contributed by atoms with Crippen molar-refractivity contribution < 1.29 is 0 Å². The molecule has 0 saturated heterocycles. The lowest BCUT2D eigenvalue weighted by molar-refractivity contribution is 0.608. The zero-order valence-electron chi connectivity index (χ0n) is 11.4. The van der Waals surface area contributed by atoms with E-state index in [1.54, 1.807) is 5.57 Å². The molecule has 3 unspecified atom stereocenters. The average molecular weight is 238 g/mol. The van der Waals surface area contributed by atoms with Gasteiger partial charge < -0.3 is 0 Å². The molecule has 3 rings (SSSR count). The third kappa shape index (κ3) is 2.16. The summed E-state index contributed by atoms with van der Waals surface area (Å²) >= 11 is 0. The van der Waals surface area contributed by atoms with Crippen molar-refractivity contribution in [3.63, 3.8) is 0 Å². The molecule has 1 aromatic carbocycles. The minimum atomic E-state index is 0.753. The summed E-state index contributed by atoms with van der Waals surface area (Å²) in [6.45, 7) is 4.59. The SMILES string of the molecule is CCCc1ccc(C2=CC=CC(C)C3CC23)cc1. The van der Waals surface area contributed by atoms with Crippen LogP contribution >= 0.6 is 0 Å². The van der Waals surface area contributed by atoms with Crippen molar-refractivity contribution in [2.75, 3.05) is 0 Å². The first-order valence-corrected chi connectivity index (χ1v) is 7.27. The van der Waals surface area contributed by atoms with E-state index in [2.05, 4.69) is 56.3 Å². The Kier molecular flexibility index (Phi) is 3.11. The van der Waals surface area contributed by atoms with Crippen LogP contribution in [0.4, 0.5) is 0 Å². The van der Waals surface area contributed by atoms with Crippen LogP contribution in [0.2, 0.25) is 0 Å². The predicted molar refractivity (Wildman–Crippen MR) is 78.3 cm³/mol. The molecule has 0 aromatic heterocycles. The lowest BCUT2D eigenvalue weighted by Gasteiger charge is -2.08. The summed E-state index contributed by atoms with van der Waals surface area (Å²) in [6, 6.07) is 9.23. The summed E-state index contributed by atoms with van der Waals surface area (Å²) in [5.41, 5.74) is 4.46. The fraction of sp³-hybridized carbons (Fsp3) is 0.444. The Balaban J connectivity index is 1.82. The van der Waals surface area contributed by atoms with Gasteiger partial charge in [0.05, 0.1) is 0 Å². The maximum atomic E-state index is 2.36. The maximum Gasteiger partial charge on any atom is -0.0119 e. The molecule has 2 aliphatic carbocycles. The molecule has 1 fully saturated rings. The van der Waals surface area contributed by atoms with Gasteiger partial charge >= 0.3 is 0 Å². The van der Waals surface area contributed by atoms with E-state index in [1.807, 2.05) is 0 Å². The van der Waals surface area contributed by atoms with E-state index in [0.717, 1.165) is 17.8 Å². The Hall–Kier alpha value is -1.30. The second-order valence-corrected chi connectivity index (χ2v) is 5.82. The first kappa shape index (κ1) is 11.8. The summed E-state index contributed by atoms with van der Waals surface area (Å²) in [6.07, 6.45) is 10.8. The predicted octanol–water partition coefficient (Wildman–Crippen LogP) is 4.86. The first-order chi connectivity index (χ1) is 8.79. The van der Waals surface area contributed by atoms with Gasteiger partial charge in [0.2, 0.25) is 0 Å². The van der Waals surface area contributed by atoms with Crippen LogP contribution < -0.4 is 0 Å². The molecule has 2 aliphatic rings. The minimum absolute atomic E-state index is 0.753. The molecular weight excluding hydrogens is 216 g/mol. The standard InChI is InChI=1S/C18H22/c1-3-5-14-8-10-15(11-9-14)16-7-4-6-13(2)17-12-18(16)17/h4,6-11,13,17-18H,3,5,12H2,1-2H3. The number of benzene rings is 1. The van der Waals surface area contributed by atoms with Gasteiger partial charge in [0.15, 0.2) is 0 Å². The largest absolute Gasteiger partial charge is 0.0814 e. The molecule has 0 spiro atoms. The van der Waals surface area contributed by atoms with Gasteiger partial charge in [0, 0.05) is 0 Å². The van der Waals surface area contributed by atoms with Crippen molar-refractivity contribution in [1.82, 2.24) is 0 Å². The molecule has 0 radical (unpaired) electrons. The highest BCUT2D eigenvalue weighted by Gasteiger charge is 2.43. The Morgan fingerprint density at radius 2 is 1.94 bits per heavy atom. The van der Waals surface area contributed by atoms with E-state index in [0.29, 0.717) is 0 Å². The zero-order valence-corrected chi connectivity index (χ0v) is 11.4.